The second-order valence-electron chi connectivity index (χ2n) is 7.55. The van der Waals surface area contributed by atoms with E-state index in [1.807, 2.05) is 30.3 Å². The molecule has 1 N–H and O–H groups in total. The zero-order valence-electron chi connectivity index (χ0n) is 17.4. The summed E-state index contributed by atoms with van der Waals surface area (Å²) < 4.78 is 42.5. The first-order chi connectivity index (χ1) is 14.9. The van der Waals surface area contributed by atoms with Crippen LogP contribution < -0.4 is 5.32 Å². The third kappa shape index (κ3) is 8.31. The Kier molecular flexibility index (Phi) is 8.44. The minimum Gasteiger partial charge on any atom is -0.372 e. The molecular weight excluding hydrogens is 411 g/mol. The molecule has 31 heavy (non-hydrogen) atoms. The molecule has 0 aliphatic carbocycles. The molecule has 0 bridgehead atoms. The number of carbonyl (C=O) groups is 1. The average molecular weight is 439 g/mol. The van der Waals surface area contributed by atoms with Gasteiger partial charge in [0.05, 0.1) is 19.3 Å². The number of amides is 1. The molecule has 0 atom stereocenters. The molecule has 0 spiro atoms. The fourth-order valence-corrected chi connectivity index (χ4v) is 3.46. The normalized spacial score (nSPS) is 15.8. The fraction of sp³-hybridized carbons (Fsp3) is 0.524. The number of rotatable bonds is 10. The summed E-state index contributed by atoms with van der Waals surface area (Å²) in [5, 5.41) is 7.21. The summed E-state index contributed by atoms with van der Waals surface area (Å²) in [6.45, 7) is 3.49. The van der Waals surface area contributed by atoms with E-state index >= 15 is 0 Å². The molecule has 1 amide bonds. The monoisotopic (exact) mass is 439 g/mol. The smallest absolute Gasteiger partial charge is 0.372 e. The second kappa shape index (κ2) is 11.3. The molecule has 170 valence electrons. The highest BCUT2D eigenvalue weighted by Gasteiger charge is 2.27. The lowest BCUT2D eigenvalue weighted by Crippen LogP contribution is -2.48. The van der Waals surface area contributed by atoms with Crippen molar-refractivity contribution in [3.8, 4) is 0 Å². The molecule has 1 aromatic heterocycles. The van der Waals surface area contributed by atoms with E-state index in [1.165, 1.54) is 0 Å². The molecule has 7 nitrogen and oxygen atoms in total. The maximum absolute atomic E-state index is 12.5. The third-order valence-corrected chi connectivity index (χ3v) is 5.02. The van der Waals surface area contributed by atoms with E-state index in [0.29, 0.717) is 31.9 Å². The van der Waals surface area contributed by atoms with Crippen LogP contribution in [0.3, 0.4) is 0 Å². The van der Waals surface area contributed by atoms with Crippen LogP contribution in [0.2, 0.25) is 0 Å². The molecule has 0 unspecified atom stereocenters. The second-order valence-corrected chi connectivity index (χ2v) is 7.55. The highest BCUT2D eigenvalue weighted by atomic mass is 19.4. The van der Waals surface area contributed by atoms with Crippen molar-refractivity contribution >= 4 is 11.7 Å². The van der Waals surface area contributed by atoms with Gasteiger partial charge in [0.1, 0.15) is 12.4 Å². The standard InChI is InChI=1S/C21H28F3N5O2/c22-21(23,24)17-31-14-4-9-27-10-12-28(13-11-27)16-20(30)26-19-7-8-25-29(19)15-18-5-2-1-3-6-18/h1-3,5-8H,4,9-17H2,(H,26,30). The van der Waals surface area contributed by atoms with Gasteiger partial charge in [0, 0.05) is 45.4 Å². The predicted molar refractivity (Wildman–Crippen MR) is 111 cm³/mol. The molecule has 1 aliphatic heterocycles. The highest BCUT2D eigenvalue weighted by Crippen LogP contribution is 2.14. The van der Waals surface area contributed by atoms with Crippen molar-refractivity contribution < 1.29 is 22.7 Å². The van der Waals surface area contributed by atoms with Crippen LogP contribution >= 0.6 is 0 Å². The highest BCUT2D eigenvalue weighted by molar-refractivity contribution is 5.91. The van der Waals surface area contributed by atoms with Gasteiger partial charge < -0.3 is 15.0 Å². The van der Waals surface area contributed by atoms with E-state index in [-0.39, 0.29) is 12.5 Å². The lowest BCUT2D eigenvalue weighted by molar-refractivity contribution is -0.174. The van der Waals surface area contributed by atoms with Crippen LogP contribution in [0.25, 0.3) is 0 Å². The lowest BCUT2D eigenvalue weighted by atomic mass is 10.2. The van der Waals surface area contributed by atoms with Gasteiger partial charge in [-0.1, -0.05) is 30.3 Å². The number of ether oxygens (including phenoxy) is 1. The van der Waals surface area contributed by atoms with Crippen LogP contribution in [0.4, 0.5) is 19.0 Å². The summed E-state index contributed by atoms with van der Waals surface area (Å²) in [6, 6.07) is 11.7. The van der Waals surface area contributed by atoms with Gasteiger partial charge in [0.25, 0.3) is 0 Å². The first-order valence-electron chi connectivity index (χ1n) is 10.3. The van der Waals surface area contributed by atoms with Gasteiger partial charge in [-0.2, -0.15) is 18.3 Å². The Morgan fingerprint density at radius 3 is 2.48 bits per heavy atom. The van der Waals surface area contributed by atoms with Gasteiger partial charge in [-0.15, -0.1) is 0 Å². The summed E-state index contributed by atoms with van der Waals surface area (Å²) in [5.41, 5.74) is 1.10. The van der Waals surface area contributed by atoms with Crippen molar-refractivity contribution in [3.05, 3.63) is 48.2 Å². The van der Waals surface area contributed by atoms with Gasteiger partial charge in [0.15, 0.2) is 0 Å². The van der Waals surface area contributed by atoms with E-state index in [1.54, 1.807) is 16.9 Å². The number of hydrogen-bond acceptors (Lipinski definition) is 5. The van der Waals surface area contributed by atoms with E-state index in [9.17, 15) is 18.0 Å². The Labute approximate surface area is 179 Å². The number of nitrogens with one attached hydrogen (secondary N) is 1. The van der Waals surface area contributed by atoms with Crippen LogP contribution in [0.15, 0.2) is 42.6 Å². The van der Waals surface area contributed by atoms with Crippen molar-refractivity contribution in [2.75, 3.05) is 57.8 Å². The summed E-state index contributed by atoms with van der Waals surface area (Å²) >= 11 is 0. The Morgan fingerprint density at radius 1 is 1.06 bits per heavy atom. The topological polar surface area (TPSA) is 62.6 Å². The molecule has 2 heterocycles. The SMILES string of the molecule is O=C(CN1CCN(CCCOCC(F)(F)F)CC1)Nc1ccnn1Cc1ccccc1. The zero-order chi connectivity index (χ0) is 22.1. The molecular formula is C21H28F3N5O2. The van der Waals surface area contributed by atoms with Crippen LogP contribution in [0.5, 0.6) is 0 Å². The number of anilines is 1. The van der Waals surface area contributed by atoms with Gasteiger partial charge in [-0.3, -0.25) is 9.69 Å². The average Bonchev–Trinajstić information content (AvgIpc) is 3.15. The lowest BCUT2D eigenvalue weighted by Gasteiger charge is -2.34. The minimum atomic E-state index is -4.27. The molecule has 1 fully saturated rings. The molecule has 0 radical (unpaired) electrons. The first kappa shape index (κ1) is 23.2. The number of nitrogens with zero attached hydrogens (tertiary/aromatic N) is 4. The summed E-state index contributed by atoms with van der Waals surface area (Å²) in [6.07, 6.45) is -2.05. The van der Waals surface area contributed by atoms with Crippen molar-refractivity contribution in [1.29, 1.82) is 0 Å². The van der Waals surface area contributed by atoms with Gasteiger partial charge in [-0.25, -0.2) is 4.68 Å². The Morgan fingerprint density at radius 2 is 1.77 bits per heavy atom. The number of hydrogen-bond donors (Lipinski definition) is 1. The number of carbonyl (C=O) groups excluding carboxylic acids is 1. The van der Waals surface area contributed by atoms with Gasteiger partial charge in [-0.05, 0) is 12.0 Å². The van der Waals surface area contributed by atoms with Crippen molar-refractivity contribution in [2.45, 2.75) is 19.1 Å². The van der Waals surface area contributed by atoms with Gasteiger partial charge >= 0.3 is 6.18 Å². The molecule has 2 aromatic rings. The predicted octanol–water partition coefficient (Wildman–Crippen LogP) is 2.46. The van der Waals surface area contributed by atoms with Crippen LogP contribution in [-0.2, 0) is 16.1 Å². The number of halogens is 3. The minimum absolute atomic E-state index is 0.0937. The molecule has 10 heteroatoms. The molecule has 1 saturated heterocycles. The Bertz CT molecular complexity index is 805. The molecule has 1 aliphatic rings. The summed E-state index contributed by atoms with van der Waals surface area (Å²) in [5.74, 6) is 0.565. The molecule has 3 rings (SSSR count). The van der Waals surface area contributed by atoms with Crippen molar-refractivity contribution in [3.63, 3.8) is 0 Å². The number of aromatic nitrogens is 2. The fourth-order valence-electron chi connectivity index (χ4n) is 3.46. The molecule has 1 aromatic carbocycles. The quantitative estimate of drug-likeness (QED) is 0.577. The van der Waals surface area contributed by atoms with Gasteiger partial charge in [0.2, 0.25) is 5.91 Å². The Balaban J connectivity index is 1.34. The largest absolute Gasteiger partial charge is 0.411 e. The number of benzene rings is 1. The van der Waals surface area contributed by atoms with Crippen molar-refractivity contribution in [2.24, 2.45) is 0 Å². The number of piperazine rings is 1. The first-order valence-corrected chi connectivity index (χ1v) is 10.3. The number of alkyl halides is 3. The van der Waals surface area contributed by atoms with E-state index in [0.717, 1.165) is 31.7 Å². The van der Waals surface area contributed by atoms with E-state index in [2.05, 4.69) is 25.0 Å². The Hall–Kier alpha value is -2.43. The summed E-state index contributed by atoms with van der Waals surface area (Å²) in [4.78, 5) is 16.7. The van der Waals surface area contributed by atoms with Crippen LogP contribution in [-0.4, -0.2) is 84.1 Å². The van der Waals surface area contributed by atoms with Crippen molar-refractivity contribution in [1.82, 2.24) is 19.6 Å². The van der Waals surface area contributed by atoms with E-state index < -0.39 is 12.8 Å². The maximum atomic E-state index is 12.5. The van der Waals surface area contributed by atoms with Crippen LogP contribution in [0.1, 0.15) is 12.0 Å². The summed E-state index contributed by atoms with van der Waals surface area (Å²) in [7, 11) is 0. The third-order valence-electron chi connectivity index (χ3n) is 5.02. The zero-order valence-corrected chi connectivity index (χ0v) is 17.4. The van der Waals surface area contributed by atoms with Crippen LogP contribution in [0, 0.1) is 0 Å². The van der Waals surface area contributed by atoms with E-state index in [4.69, 9.17) is 0 Å². The maximum Gasteiger partial charge on any atom is 0.411 e. The molecule has 0 saturated carbocycles.